The van der Waals surface area contributed by atoms with E-state index in [1.165, 1.54) is 17.6 Å². The minimum atomic E-state index is -0.376. The molecule has 0 saturated carbocycles. The number of rotatable bonds is 5. The Morgan fingerprint density at radius 1 is 1.00 bits per heavy atom. The minimum Gasteiger partial charge on any atom is -0.459 e. The summed E-state index contributed by atoms with van der Waals surface area (Å²) in [6.07, 6.45) is 1.44. The molecule has 0 atom stereocenters. The van der Waals surface area contributed by atoms with Gasteiger partial charge in [0.1, 0.15) is 0 Å². The van der Waals surface area contributed by atoms with Gasteiger partial charge in [0.15, 0.2) is 10.9 Å². The third-order valence-electron chi connectivity index (χ3n) is 5.37. The second-order valence-electron chi connectivity index (χ2n) is 7.62. The number of hydrogen-bond donors (Lipinski definition) is 3. The minimum absolute atomic E-state index is 0.201. The number of aryl methyl sites for hydroxylation is 2. The molecular formula is C25H20N4O3S. The van der Waals surface area contributed by atoms with Crippen molar-refractivity contribution in [1.82, 2.24) is 9.97 Å². The van der Waals surface area contributed by atoms with Crippen LogP contribution in [0.15, 0.2) is 70.7 Å². The molecule has 3 aromatic heterocycles. The summed E-state index contributed by atoms with van der Waals surface area (Å²) < 4.78 is 5.13. The van der Waals surface area contributed by atoms with E-state index in [-0.39, 0.29) is 17.6 Å². The molecule has 0 fully saturated rings. The van der Waals surface area contributed by atoms with Crippen molar-refractivity contribution in [3.05, 3.63) is 88.8 Å². The average Bonchev–Trinajstić information content (AvgIpc) is 3.54. The quantitative estimate of drug-likeness (QED) is 0.302. The van der Waals surface area contributed by atoms with Crippen LogP contribution in [0.25, 0.3) is 22.2 Å². The summed E-state index contributed by atoms with van der Waals surface area (Å²) in [6, 6.07) is 16.4. The predicted octanol–water partition coefficient (Wildman–Crippen LogP) is 6.01. The van der Waals surface area contributed by atoms with Gasteiger partial charge in [-0.2, -0.15) is 0 Å². The Morgan fingerprint density at radius 2 is 1.85 bits per heavy atom. The van der Waals surface area contributed by atoms with E-state index in [9.17, 15) is 9.59 Å². The number of H-pyrrole nitrogens is 1. The first-order valence-corrected chi connectivity index (χ1v) is 11.2. The Bertz CT molecular complexity index is 1480. The molecule has 0 radical (unpaired) electrons. The van der Waals surface area contributed by atoms with Crippen LogP contribution in [0.3, 0.4) is 0 Å². The van der Waals surface area contributed by atoms with Crippen molar-refractivity contribution in [2.24, 2.45) is 0 Å². The van der Waals surface area contributed by atoms with Crippen LogP contribution in [0.5, 0.6) is 0 Å². The number of carbonyl (C=O) groups is 2. The SMILES string of the molecule is Cc1ccc(C(=O)Nc2nc(-c3c(C)[nH]c4ccccc34)cs2)cc1NC(=O)c1ccco1. The van der Waals surface area contributed by atoms with Gasteiger partial charge in [0.05, 0.1) is 12.0 Å². The van der Waals surface area contributed by atoms with Crippen molar-refractivity contribution < 1.29 is 14.0 Å². The number of amides is 2. The Hall–Kier alpha value is -4.17. The van der Waals surface area contributed by atoms with Crippen molar-refractivity contribution in [2.75, 3.05) is 10.6 Å². The molecule has 0 aliphatic rings. The molecule has 0 aliphatic heterocycles. The van der Waals surface area contributed by atoms with Gasteiger partial charge < -0.3 is 14.7 Å². The zero-order chi connectivity index (χ0) is 22.9. The van der Waals surface area contributed by atoms with Crippen molar-refractivity contribution in [1.29, 1.82) is 0 Å². The van der Waals surface area contributed by atoms with Gasteiger partial charge in [0.25, 0.3) is 11.8 Å². The fourth-order valence-electron chi connectivity index (χ4n) is 3.71. The molecule has 164 valence electrons. The maximum atomic E-state index is 12.9. The van der Waals surface area contributed by atoms with Gasteiger partial charge in [0, 0.05) is 38.8 Å². The highest BCUT2D eigenvalue weighted by Crippen LogP contribution is 2.34. The van der Waals surface area contributed by atoms with Gasteiger partial charge in [-0.25, -0.2) is 4.98 Å². The van der Waals surface area contributed by atoms with Gasteiger partial charge in [-0.3, -0.25) is 14.9 Å². The number of fused-ring (bicyclic) bond motifs is 1. The summed E-state index contributed by atoms with van der Waals surface area (Å²) in [7, 11) is 0. The van der Waals surface area contributed by atoms with Crippen LogP contribution in [0.2, 0.25) is 0 Å². The van der Waals surface area contributed by atoms with Gasteiger partial charge in [-0.1, -0.05) is 24.3 Å². The fourth-order valence-corrected chi connectivity index (χ4v) is 4.41. The number of aromatic nitrogens is 2. The lowest BCUT2D eigenvalue weighted by Gasteiger charge is -2.09. The standard InChI is InChI=1S/C25H20N4O3S/c1-14-9-10-16(12-19(14)27-24(31)21-8-5-11-32-21)23(30)29-25-28-20(13-33-25)22-15(2)26-18-7-4-3-6-17(18)22/h3-13,26H,1-2H3,(H,27,31)(H,28,29,30). The number of thiazole rings is 1. The van der Waals surface area contributed by atoms with Crippen LogP contribution in [0.1, 0.15) is 32.2 Å². The largest absolute Gasteiger partial charge is 0.459 e. The highest BCUT2D eigenvalue weighted by Gasteiger charge is 2.16. The number of aromatic amines is 1. The van der Waals surface area contributed by atoms with E-state index in [4.69, 9.17) is 4.42 Å². The van der Waals surface area contributed by atoms with Crippen LogP contribution < -0.4 is 10.6 Å². The zero-order valence-electron chi connectivity index (χ0n) is 17.9. The monoisotopic (exact) mass is 456 g/mol. The number of para-hydroxylation sites is 1. The fraction of sp³-hybridized carbons (Fsp3) is 0.0800. The maximum Gasteiger partial charge on any atom is 0.291 e. The molecular weight excluding hydrogens is 436 g/mol. The molecule has 5 rings (SSSR count). The Kier molecular flexibility index (Phi) is 5.27. The molecule has 0 spiro atoms. The third-order valence-corrected chi connectivity index (χ3v) is 6.13. The van der Waals surface area contributed by atoms with E-state index in [1.807, 2.05) is 37.4 Å². The number of anilines is 2. The van der Waals surface area contributed by atoms with Crippen LogP contribution in [0.4, 0.5) is 10.8 Å². The first kappa shape index (κ1) is 20.7. The van der Waals surface area contributed by atoms with Gasteiger partial charge in [-0.15, -0.1) is 11.3 Å². The second kappa shape index (κ2) is 8.40. The number of benzene rings is 2. The lowest BCUT2D eigenvalue weighted by molar-refractivity contribution is 0.0993. The van der Waals surface area contributed by atoms with E-state index >= 15 is 0 Å². The topological polar surface area (TPSA) is 100 Å². The summed E-state index contributed by atoms with van der Waals surface area (Å²) in [6.45, 7) is 3.87. The molecule has 3 N–H and O–H groups in total. The van der Waals surface area contributed by atoms with Crippen LogP contribution in [0, 0.1) is 13.8 Å². The molecule has 8 heteroatoms. The average molecular weight is 457 g/mol. The van der Waals surface area contributed by atoms with Crippen molar-refractivity contribution in [3.63, 3.8) is 0 Å². The smallest absolute Gasteiger partial charge is 0.291 e. The second-order valence-corrected chi connectivity index (χ2v) is 8.48. The molecule has 0 saturated heterocycles. The summed E-state index contributed by atoms with van der Waals surface area (Å²) >= 11 is 1.37. The molecule has 33 heavy (non-hydrogen) atoms. The summed E-state index contributed by atoms with van der Waals surface area (Å²) in [5, 5.41) is 9.18. The van der Waals surface area contributed by atoms with E-state index < -0.39 is 0 Å². The van der Waals surface area contributed by atoms with Gasteiger partial charge in [0.2, 0.25) is 0 Å². The third kappa shape index (κ3) is 4.04. The van der Waals surface area contributed by atoms with Crippen LogP contribution in [-0.4, -0.2) is 21.8 Å². The van der Waals surface area contributed by atoms with Crippen molar-refractivity contribution >= 4 is 44.9 Å². The summed E-state index contributed by atoms with van der Waals surface area (Å²) in [5.41, 5.74) is 5.69. The van der Waals surface area contributed by atoms with Crippen LogP contribution in [-0.2, 0) is 0 Å². The van der Waals surface area contributed by atoms with E-state index in [1.54, 1.807) is 30.3 Å². The zero-order valence-corrected chi connectivity index (χ0v) is 18.7. The van der Waals surface area contributed by atoms with Crippen molar-refractivity contribution in [3.8, 4) is 11.3 Å². The highest BCUT2D eigenvalue weighted by atomic mass is 32.1. The number of hydrogen-bond acceptors (Lipinski definition) is 5. The Labute approximate surface area is 193 Å². The number of carbonyl (C=O) groups excluding carboxylic acids is 2. The van der Waals surface area contributed by atoms with Gasteiger partial charge in [-0.05, 0) is 49.7 Å². The van der Waals surface area contributed by atoms with E-state index in [0.717, 1.165) is 33.4 Å². The molecule has 5 aromatic rings. The number of nitrogens with zero attached hydrogens (tertiary/aromatic N) is 1. The van der Waals surface area contributed by atoms with Gasteiger partial charge >= 0.3 is 0 Å². The molecule has 2 amide bonds. The molecule has 0 unspecified atom stereocenters. The normalized spacial score (nSPS) is 11.0. The summed E-state index contributed by atoms with van der Waals surface area (Å²) in [5.74, 6) is -0.480. The maximum absolute atomic E-state index is 12.9. The summed E-state index contributed by atoms with van der Waals surface area (Å²) in [4.78, 5) is 33.2. The first-order valence-electron chi connectivity index (χ1n) is 10.3. The molecule has 7 nitrogen and oxygen atoms in total. The number of nitrogens with one attached hydrogen (secondary N) is 3. The van der Waals surface area contributed by atoms with E-state index in [2.05, 4.69) is 26.7 Å². The predicted molar refractivity (Wildman–Crippen MR) is 130 cm³/mol. The lowest BCUT2D eigenvalue weighted by Crippen LogP contribution is -2.15. The molecule has 0 aliphatic carbocycles. The first-order chi connectivity index (χ1) is 16.0. The Morgan fingerprint density at radius 3 is 2.67 bits per heavy atom. The van der Waals surface area contributed by atoms with Crippen LogP contribution >= 0.6 is 11.3 Å². The lowest BCUT2D eigenvalue weighted by atomic mass is 10.1. The number of furan rings is 1. The molecule has 3 heterocycles. The Balaban J connectivity index is 1.36. The molecule has 2 aromatic carbocycles. The molecule has 0 bridgehead atoms. The highest BCUT2D eigenvalue weighted by molar-refractivity contribution is 7.14. The van der Waals surface area contributed by atoms with Crippen molar-refractivity contribution in [2.45, 2.75) is 13.8 Å². The van der Waals surface area contributed by atoms with E-state index in [0.29, 0.717) is 16.4 Å².